The Morgan fingerprint density at radius 3 is 2.50 bits per heavy atom. The molecule has 2 atom stereocenters. The van der Waals surface area contributed by atoms with Gasteiger partial charge in [-0.2, -0.15) is 0 Å². The number of carbonyl (C=O) groups excluding carboxylic acids is 2. The van der Waals surface area contributed by atoms with Gasteiger partial charge >= 0.3 is 0 Å². The van der Waals surface area contributed by atoms with Crippen LogP contribution in [-0.2, 0) is 9.59 Å². The van der Waals surface area contributed by atoms with Crippen LogP contribution in [0.25, 0.3) is 10.6 Å². The lowest BCUT2D eigenvalue weighted by Gasteiger charge is -2.23. The second-order valence-corrected chi connectivity index (χ2v) is 7.77. The number of anilines is 1. The van der Waals surface area contributed by atoms with Gasteiger partial charge in [-0.15, -0.1) is 10.2 Å². The fourth-order valence-electron chi connectivity index (χ4n) is 2.65. The number of hydrogen-bond acceptors (Lipinski definition) is 5. The summed E-state index contributed by atoms with van der Waals surface area (Å²) in [6, 6.07) is 5.29. The molecule has 6 nitrogen and oxygen atoms in total. The van der Waals surface area contributed by atoms with Crippen LogP contribution in [0.1, 0.15) is 52.9 Å². The Bertz CT molecular complexity index is 779. The van der Waals surface area contributed by atoms with Gasteiger partial charge < -0.3 is 5.32 Å². The first-order valence-electron chi connectivity index (χ1n) is 9.64. The average Bonchev–Trinajstić information content (AvgIpc) is 3.14. The summed E-state index contributed by atoms with van der Waals surface area (Å²) in [7, 11) is 0. The number of hydrogen-bond donors (Lipinski definition) is 2. The number of carbonyl (C=O) groups is 2. The number of aromatic nitrogens is 2. The molecule has 0 saturated heterocycles. The number of amides is 2. The highest BCUT2D eigenvalue weighted by atomic mass is 32.1. The predicted molar refractivity (Wildman–Crippen MR) is 109 cm³/mol. The van der Waals surface area contributed by atoms with E-state index in [1.165, 1.54) is 23.5 Å². The van der Waals surface area contributed by atoms with Crippen LogP contribution in [0.3, 0.4) is 0 Å². The minimum Gasteiger partial charge on any atom is -0.344 e. The maximum absolute atomic E-state index is 13.1. The minimum atomic E-state index is -0.628. The van der Waals surface area contributed by atoms with Crippen molar-refractivity contribution in [2.24, 2.45) is 5.92 Å². The summed E-state index contributed by atoms with van der Waals surface area (Å²) in [5.41, 5.74) is 0.724. The summed E-state index contributed by atoms with van der Waals surface area (Å²) < 4.78 is 13.1. The van der Waals surface area contributed by atoms with Gasteiger partial charge in [-0.1, -0.05) is 51.4 Å². The molecular weight excluding hydrogens is 379 g/mol. The minimum absolute atomic E-state index is 0.0142. The number of unbranched alkanes of at least 4 members (excludes halogenated alkanes) is 2. The zero-order valence-electron chi connectivity index (χ0n) is 16.5. The normalized spacial score (nSPS) is 13.0. The van der Waals surface area contributed by atoms with E-state index in [1.807, 2.05) is 13.8 Å². The Morgan fingerprint density at radius 2 is 1.86 bits per heavy atom. The fraction of sp³-hybridized carbons (Fsp3) is 0.500. The second kappa shape index (κ2) is 10.8. The molecule has 1 aromatic carbocycles. The van der Waals surface area contributed by atoms with E-state index >= 15 is 0 Å². The van der Waals surface area contributed by atoms with E-state index < -0.39 is 6.04 Å². The molecule has 0 bridgehead atoms. The van der Waals surface area contributed by atoms with Crippen molar-refractivity contribution in [1.29, 1.82) is 0 Å². The Labute approximate surface area is 169 Å². The van der Waals surface area contributed by atoms with Gasteiger partial charge in [-0.3, -0.25) is 14.9 Å². The Kier molecular flexibility index (Phi) is 8.50. The lowest BCUT2D eigenvalue weighted by molar-refractivity contribution is -0.127. The van der Waals surface area contributed by atoms with Crippen LogP contribution >= 0.6 is 11.3 Å². The number of nitrogens with one attached hydrogen (secondary N) is 2. The molecule has 0 aliphatic rings. The SMILES string of the molecule is CCCCCC(=O)NC(C(=O)Nc1nnc(-c2ccc(F)cc2)s1)C(C)CC. The summed E-state index contributed by atoms with van der Waals surface area (Å²) in [6.45, 7) is 5.99. The summed E-state index contributed by atoms with van der Waals surface area (Å²) in [6.07, 6.45) is 4.01. The molecule has 1 aromatic heterocycles. The Morgan fingerprint density at radius 1 is 1.14 bits per heavy atom. The number of rotatable bonds is 10. The molecule has 2 rings (SSSR count). The Hall–Kier alpha value is -2.35. The van der Waals surface area contributed by atoms with Crippen molar-refractivity contribution in [2.75, 3.05) is 5.32 Å². The first kappa shape index (κ1) is 21.9. The van der Waals surface area contributed by atoms with Crippen molar-refractivity contribution in [1.82, 2.24) is 15.5 Å². The van der Waals surface area contributed by atoms with Crippen molar-refractivity contribution >= 4 is 28.3 Å². The van der Waals surface area contributed by atoms with Crippen LogP contribution in [0.2, 0.25) is 0 Å². The van der Waals surface area contributed by atoms with Crippen LogP contribution in [-0.4, -0.2) is 28.1 Å². The van der Waals surface area contributed by atoms with Crippen molar-refractivity contribution in [3.8, 4) is 10.6 Å². The molecule has 0 aliphatic carbocycles. The van der Waals surface area contributed by atoms with E-state index in [4.69, 9.17) is 0 Å². The maximum Gasteiger partial charge on any atom is 0.249 e. The summed E-state index contributed by atoms with van der Waals surface area (Å²) in [5.74, 6) is -0.759. The van der Waals surface area contributed by atoms with Gasteiger partial charge in [0, 0.05) is 12.0 Å². The highest BCUT2D eigenvalue weighted by molar-refractivity contribution is 7.18. The maximum atomic E-state index is 13.1. The van der Waals surface area contributed by atoms with E-state index in [2.05, 4.69) is 27.8 Å². The van der Waals surface area contributed by atoms with E-state index in [0.717, 1.165) is 31.2 Å². The van der Waals surface area contributed by atoms with Crippen LogP contribution < -0.4 is 10.6 Å². The standard InChI is InChI=1S/C20H27FN4O2S/c1-4-6-7-8-16(26)22-17(13(3)5-2)18(27)23-20-25-24-19(28-20)14-9-11-15(21)12-10-14/h9-13,17H,4-8H2,1-3H3,(H,22,26)(H,23,25,27). The van der Waals surface area contributed by atoms with Crippen LogP contribution in [0, 0.1) is 11.7 Å². The van der Waals surface area contributed by atoms with Crippen molar-refractivity contribution in [2.45, 2.75) is 58.9 Å². The topological polar surface area (TPSA) is 84.0 Å². The molecule has 0 radical (unpaired) electrons. The zero-order valence-corrected chi connectivity index (χ0v) is 17.3. The molecule has 0 saturated carbocycles. The molecule has 0 aliphatic heterocycles. The van der Waals surface area contributed by atoms with E-state index in [0.29, 0.717) is 16.6 Å². The number of nitrogens with zero attached hydrogens (tertiary/aromatic N) is 2. The highest BCUT2D eigenvalue weighted by Crippen LogP contribution is 2.26. The van der Waals surface area contributed by atoms with Gasteiger partial charge in [0.05, 0.1) is 0 Å². The van der Waals surface area contributed by atoms with Crippen molar-refractivity contribution in [3.63, 3.8) is 0 Å². The average molecular weight is 407 g/mol. The third kappa shape index (κ3) is 6.37. The highest BCUT2D eigenvalue weighted by Gasteiger charge is 2.26. The molecule has 2 N–H and O–H groups in total. The lowest BCUT2D eigenvalue weighted by Crippen LogP contribution is -2.47. The quantitative estimate of drug-likeness (QED) is 0.573. The van der Waals surface area contributed by atoms with Gasteiger partial charge in [0.2, 0.25) is 16.9 Å². The number of halogens is 1. The zero-order chi connectivity index (χ0) is 20.5. The largest absolute Gasteiger partial charge is 0.344 e. The van der Waals surface area contributed by atoms with E-state index in [-0.39, 0.29) is 23.5 Å². The molecule has 28 heavy (non-hydrogen) atoms. The summed E-state index contributed by atoms with van der Waals surface area (Å²) in [5, 5.41) is 14.6. The lowest BCUT2D eigenvalue weighted by atomic mass is 9.98. The van der Waals surface area contributed by atoms with Crippen molar-refractivity contribution < 1.29 is 14.0 Å². The molecule has 0 fully saturated rings. The van der Waals surface area contributed by atoms with Crippen LogP contribution in [0.4, 0.5) is 9.52 Å². The molecule has 8 heteroatoms. The smallest absolute Gasteiger partial charge is 0.249 e. The first-order chi connectivity index (χ1) is 13.4. The molecular formula is C20H27FN4O2S. The van der Waals surface area contributed by atoms with Crippen molar-refractivity contribution in [3.05, 3.63) is 30.1 Å². The monoisotopic (exact) mass is 406 g/mol. The second-order valence-electron chi connectivity index (χ2n) is 6.80. The third-order valence-electron chi connectivity index (χ3n) is 4.57. The van der Waals surface area contributed by atoms with E-state index in [1.54, 1.807) is 12.1 Å². The van der Waals surface area contributed by atoms with Crippen LogP contribution in [0.15, 0.2) is 24.3 Å². The van der Waals surface area contributed by atoms with Crippen LogP contribution in [0.5, 0.6) is 0 Å². The molecule has 152 valence electrons. The molecule has 2 aromatic rings. The van der Waals surface area contributed by atoms with Gasteiger partial charge in [-0.05, 0) is 36.6 Å². The third-order valence-corrected chi connectivity index (χ3v) is 5.45. The summed E-state index contributed by atoms with van der Waals surface area (Å²) in [4.78, 5) is 24.9. The molecule has 0 spiro atoms. The predicted octanol–water partition coefficient (Wildman–Crippen LogP) is 4.39. The number of benzene rings is 1. The first-order valence-corrected chi connectivity index (χ1v) is 10.5. The fourth-order valence-corrected chi connectivity index (χ4v) is 3.40. The molecule has 1 heterocycles. The Balaban J connectivity index is 2.02. The van der Waals surface area contributed by atoms with Gasteiger partial charge in [0.1, 0.15) is 16.9 Å². The van der Waals surface area contributed by atoms with E-state index in [9.17, 15) is 14.0 Å². The van der Waals surface area contributed by atoms with Gasteiger partial charge in [0.15, 0.2) is 0 Å². The van der Waals surface area contributed by atoms with Gasteiger partial charge in [-0.25, -0.2) is 4.39 Å². The van der Waals surface area contributed by atoms with Gasteiger partial charge in [0.25, 0.3) is 0 Å². The molecule has 2 amide bonds. The molecule has 2 unspecified atom stereocenters. The summed E-state index contributed by atoms with van der Waals surface area (Å²) >= 11 is 1.20.